The number of hydrogen-bond donors (Lipinski definition) is 1. The number of ether oxygens (including phenoxy) is 1. The largest absolute Gasteiger partial charge is 0.486 e. The standard InChI is InChI=1S/C14H22ClNO/c1-5-11-9-12(7-8-13(11)15)17-14(3,6-2)10-16-4/h7-9,16H,5-6,10H2,1-4H3. The van der Waals surface area contributed by atoms with Crippen molar-refractivity contribution in [1.29, 1.82) is 0 Å². The van der Waals surface area contributed by atoms with Gasteiger partial charge in [0.25, 0.3) is 0 Å². The first-order valence-electron chi connectivity index (χ1n) is 6.16. The van der Waals surface area contributed by atoms with E-state index in [1.807, 2.05) is 25.2 Å². The molecule has 0 bridgehead atoms. The van der Waals surface area contributed by atoms with Crippen molar-refractivity contribution >= 4 is 11.6 Å². The quantitative estimate of drug-likeness (QED) is 0.838. The fraction of sp³-hybridized carbons (Fsp3) is 0.571. The van der Waals surface area contributed by atoms with E-state index in [0.717, 1.165) is 35.7 Å². The molecule has 0 aliphatic heterocycles. The molecule has 0 aliphatic carbocycles. The van der Waals surface area contributed by atoms with Crippen LogP contribution in [0.1, 0.15) is 32.8 Å². The zero-order valence-corrected chi connectivity index (χ0v) is 11.9. The van der Waals surface area contributed by atoms with Crippen molar-refractivity contribution < 1.29 is 4.74 Å². The maximum Gasteiger partial charge on any atom is 0.120 e. The second-order valence-electron chi connectivity index (χ2n) is 4.54. The molecule has 0 fully saturated rings. The molecule has 1 unspecified atom stereocenters. The van der Waals surface area contributed by atoms with Crippen LogP contribution >= 0.6 is 11.6 Å². The van der Waals surface area contributed by atoms with Crippen LogP contribution in [0.4, 0.5) is 0 Å². The van der Waals surface area contributed by atoms with Crippen molar-refractivity contribution in [2.24, 2.45) is 0 Å². The average Bonchev–Trinajstić information content (AvgIpc) is 2.32. The van der Waals surface area contributed by atoms with E-state index in [1.54, 1.807) is 0 Å². The van der Waals surface area contributed by atoms with Gasteiger partial charge in [0, 0.05) is 11.6 Å². The summed E-state index contributed by atoms with van der Waals surface area (Å²) in [5, 5.41) is 3.98. The predicted octanol–water partition coefficient (Wildman–Crippen LogP) is 3.67. The Morgan fingerprint density at radius 2 is 2.06 bits per heavy atom. The number of nitrogens with one attached hydrogen (secondary N) is 1. The third-order valence-electron chi connectivity index (χ3n) is 3.06. The second-order valence-corrected chi connectivity index (χ2v) is 4.95. The summed E-state index contributed by atoms with van der Waals surface area (Å²) in [6.07, 6.45) is 1.88. The van der Waals surface area contributed by atoms with Crippen LogP contribution in [0.5, 0.6) is 5.75 Å². The van der Waals surface area contributed by atoms with Crippen molar-refractivity contribution in [3.05, 3.63) is 28.8 Å². The van der Waals surface area contributed by atoms with Crippen LogP contribution in [0, 0.1) is 0 Å². The number of halogens is 1. The first-order chi connectivity index (χ1) is 8.04. The number of hydrogen-bond acceptors (Lipinski definition) is 2. The molecule has 17 heavy (non-hydrogen) atoms. The molecule has 0 amide bonds. The molecule has 96 valence electrons. The predicted molar refractivity (Wildman–Crippen MR) is 74.1 cm³/mol. The van der Waals surface area contributed by atoms with Crippen LogP contribution in [0.2, 0.25) is 5.02 Å². The third kappa shape index (κ3) is 3.90. The van der Waals surface area contributed by atoms with E-state index in [4.69, 9.17) is 16.3 Å². The maximum absolute atomic E-state index is 6.09. The van der Waals surface area contributed by atoms with E-state index in [2.05, 4.69) is 26.1 Å². The minimum absolute atomic E-state index is 0.173. The van der Waals surface area contributed by atoms with Gasteiger partial charge in [-0.05, 0) is 50.6 Å². The molecule has 1 aromatic carbocycles. The fourth-order valence-electron chi connectivity index (χ4n) is 1.78. The molecule has 0 radical (unpaired) electrons. The molecule has 0 heterocycles. The fourth-order valence-corrected chi connectivity index (χ4v) is 2.03. The molecule has 0 spiro atoms. The van der Waals surface area contributed by atoms with Crippen LogP contribution in [-0.4, -0.2) is 19.2 Å². The molecule has 1 rings (SSSR count). The van der Waals surface area contributed by atoms with Crippen molar-refractivity contribution in [3.63, 3.8) is 0 Å². The lowest BCUT2D eigenvalue weighted by Crippen LogP contribution is -2.41. The van der Waals surface area contributed by atoms with Gasteiger partial charge in [0.05, 0.1) is 0 Å². The average molecular weight is 256 g/mol. The van der Waals surface area contributed by atoms with E-state index in [9.17, 15) is 0 Å². The van der Waals surface area contributed by atoms with Crippen LogP contribution < -0.4 is 10.1 Å². The Hall–Kier alpha value is -0.730. The molecule has 0 saturated heterocycles. The molecule has 3 heteroatoms. The highest BCUT2D eigenvalue weighted by Gasteiger charge is 2.23. The molecular formula is C14H22ClNO. The van der Waals surface area contributed by atoms with Crippen molar-refractivity contribution in [1.82, 2.24) is 5.32 Å². The summed E-state index contributed by atoms with van der Waals surface area (Å²) >= 11 is 6.09. The zero-order chi connectivity index (χ0) is 12.9. The van der Waals surface area contributed by atoms with Gasteiger partial charge in [-0.25, -0.2) is 0 Å². The third-order valence-corrected chi connectivity index (χ3v) is 3.43. The minimum Gasteiger partial charge on any atom is -0.486 e. The normalized spacial score (nSPS) is 14.4. The Balaban J connectivity index is 2.86. The van der Waals surface area contributed by atoms with E-state index in [0.29, 0.717) is 0 Å². The number of rotatable bonds is 6. The van der Waals surface area contributed by atoms with E-state index >= 15 is 0 Å². The summed E-state index contributed by atoms with van der Waals surface area (Å²) in [6, 6.07) is 5.88. The van der Waals surface area contributed by atoms with Gasteiger partial charge in [-0.15, -0.1) is 0 Å². The lowest BCUT2D eigenvalue weighted by molar-refractivity contribution is 0.0857. The van der Waals surface area contributed by atoms with Crippen LogP contribution in [-0.2, 0) is 6.42 Å². The number of aryl methyl sites for hydroxylation is 1. The molecular weight excluding hydrogens is 234 g/mol. The molecule has 0 saturated carbocycles. The molecule has 1 aromatic rings. The van der Waals surface area contributed by atoms with Gasteiger partial charge >= 0.3 is 0 Å². The van der Waals surface area contributed by atoms with Crippen LogP contribution in [0.3, 0.4) is 0 Å². The smallest absolute Gasteiger partial charge is 0.120 e. The Morgan fingerprint density at radius 1 is 1.35 bits per heavy atom. The summed E-state index contributed by atoms with van der Waals surface area (Å²) in [6.45, 7) is 7.17. The Morgan fingerprint density at radius 3 is 2.59 bits per heavy atom. The van der Waals surface area contributed by atoms with Crippen LogP contribution in [0.25, 0.3) is 0 Å². The highest BCUT2D eigenvalue weighted by molar-refractivity contribution is 6.31. The van der Waals surface area contributed by atoms with Gasteiger partial charge < -0.3 is 10.1 Å². The minimum atomic E-state index is -0.173. The molecule has 1 N–H and O–H groups in total. The van der Waals surface area contributed by atoms with Gasteiger partial charge in [0.2, 0.25) is 0 Å². The van der Waals surface area contributed by atoms with Gasteiger partial charge in [-0.3, -0.25) is 0 Å². The Bertz CT molecular complexity index is 367. The Labute approximate surface area is 109 Å². The summed E-state index contributed by atoms with van der Waals surface area (Å²) in [7, 11) is 1.94. The number of benzene rings is 1. The van der Waals surface area contributed by atoms with E-state index in [1.165, 1.54) is 0 Å². The van der Waals surface area contributed by atoms with Gasteiger partial charge in [0.15, 0.2) is 0 Å². The van der Waals surface area contributed by atoms with Gasteiger partial charge in [-0.1, -0.05) is 25.4 Å². The van der Waals surface area contributed by atoms with Gasteiger partial charge in [-0.2, -0.15) is 0 Å². The molecule has 0 aliphatic rings. The second kappa shape index (κ2) is 6.27. The first-order valence-corrected chi connectivity index (χ1v) is 6.54. The van der Waals surface area contributed by atoms with Crippen molar-refractivity contribution in [2.45, 2.75) is 39.2 Å². The zero-order valence-electron chi connectivity index (χ0n) is 11.1. The summed E-state index contributed by atoms with van der Waals surface area (Å²) < 4.78 is 6.07. The highest BCUT2D eigenvalue weighted by Crippen LogP contribution is 2.26. The summed E-state index contributed by atoms with van der Waals surface area (Å²) in [5.41, 5.74) is 0.959. The summed E-state index contributed by atoms with van der Waals surface area (Å²) in [4.78, 5) is 0. The van der Waals surface area contributed by atoms with Gasteiger partial charge in [0.1, 0.15) is 11.4 Å². The van der Waals surface area contributed by atoms with Crippen molar-refractivity contribution in [2.75, 3.05) is 13.6 Å². The monoisotopic (exact) mass is 255 g/mol. The van der Waals surface area contributed by atoms with Crippen molar-refractivity contribution in [3.8, 4) is 5.75 Å². The maximum atomic E-state index is 6.09. The highest BCUT2D eigenvalue weighted by atomic mass is 35.5. The molecule has 0 aromatic heterocycles. The first kappa shape index (κ1) is 14.3. The lowest BCUT2D eigenvalue weighted by atomic mass is 10.0. The molecule has 1 atom stereocenters. The summed E-state index contributed by atoms with van der Waals surface area (Å²) in [5.74, 6) is 0.894. The molecule has 2 nitrogen and oxygen atoms in total. The van der Waals surface area contributed by atoms with Crippen LogP contribution in [0.15, 0.2) is 18.2 Å². The topological polar surface area (TPSA) is 21.3 Å². The Kier molecular flexibility index (Phi) is 5.29. The number of likely N-dealkylation sites (N-methyl/N-ethyl adjacent to an activating group) is 1. The lowest BCUT2D eigenvalue weighted by Gasteiger charge is -2.29. The SMILES string of the molecule is CCc1cc(OC(C)(CC)CNC)ccc1Cl. The van der Waals surface area contributed by atoms with E-state index in [-0.39, 0.29) is 5.60 Å². The van der Waals surface area contributed by atoms with E-state index < -0.39 is 0 Å².